The van der Waals surface area contributed by atoms with E-state index < -0.39 is 45.8 Å². The Morgan fingerprint density at radius 2 is 1.70 bits per heavy atom. The van der Waals surface area contributed by atoms with E-state index in [0.29, 0.717) is 36.8 Å². The van der Waals surface area contributed by atoms with Crippen LogP contribution >= 0.6 is 0 Å². The fraction of sp³-hybridized carbons (Fsp3) is 0.733. The maximum absolute atomic E-state index is 14.0. The smallest absolute Gasteiger partial charge is 0.306 e. The number of hydrogen-bond acceptors (Lipinski definition) is 6. The predicted molar refractivity (Wildman–Crippen MR) is 137 cm³/mol. The molecular formula is C30H42O7. The standard InChI is InChI=1S/C30H42O7/c1-15(10-17(31)11-16(2)26(36)37)18-12-23(35)30(7)25-19(32)13-21-27(3,4)22(34)8-9-28(21,5)24(25)20(33)14-29(18,30)6/h10,16,18-19,21,23,32,35H,8-9,11-14H2,1-7H3,(H,36,37)/t16?,18?,19-,21?,23-,28?,29?,30?/m0/s1. The molecule has 4 aliphatic rings. The van der Waals surface area contributed by atoms with Crippen LogP contribution in [0.5, 0.6) is 0 Å². The third kappa shape index (κ3) is 3.75. The molecule has 0 aromatic heterocycles. The van der Waals surface area contributed by atoms with Crippen LogP contribution in [0.1, 0.15) is 87.0 Å². The minimum atomic E-state index is -1.03. The van der Waals surface area contributed by atoms with Gasteiger partial charge in [-0.15, -0.1) is 0 Å². The van der Waals surface area contributed by atoms with Gasteiger partial charge in [-0.25, -0.2) is 0 Å². The molecule has 4 aliphatic carbocycles. The Hall–Kier alpha value is -2.12. The maximum atomic E-state index is 14.0. The molecule has 0 aromatic rings. The largest absolute Gasteiger partial charge is 0.481 e. The van der Waals surface area contributed by atoms with Crippen LogP contribution in [0.25, 0.3) is 0 Å². The van der Waals surface area contributed by atoms with Crippen LogP contribution in [0.3, 0.4) is 0 Å². The zero-order chi connectivity index (χ0) is 27.9. The monoisotopic (exact) mass is 514 g/mol. The molecule has 2 fully saturated rings. The highest BCUT2D eigenvalue weighted by molar-refractivity contribution is 6.01. The molecule has 8 atom stereocenters. The molecule has 0 aliphatic heterocycles. The van der Waals surface area contributed by atoms with E-state index >= 15 is 0 Å². The summed E-state index contributed by atoms with van der Waals surface area (Å²) in [4.78, 5) is 50.7. The number of fused-ring (bicyclic) bond motifs is 4. The molecule has 0 bridgehead atoms. The minimum Gasteiger partial charge on any atom is -0.481 e. The molecule has 0 saturated heterocycles. The van der Waals surface area contributed by atoms with Crippen molar-refractivity contribution in [1.29, 1.82) is 0 Å². The van der Waals surface area contributed by atoms with Crippen LogP contribution in [-0.4, -0.2) is 50.8 Å². The Balaban J connectivity index is 1.80. The molecular weight excluding hydrogens is 472 g/mol. The molecule has 37 heavy (non-hydrogen) atoms. The number of carboxylic acids is 1. The van der Waals surface area contributed by atoms with E-state index in [1.54, 1.807) is 0 Å². The Bertz CT molecular complexity index is 1130. The van der Waals surface area contributed by atoms with Gasteiger partial charge in [0.25, 0.3) is 0 Å². The number of carbonyl (C=O) groups is 4. The van der Waals surface area contributed by atoms with Gasteiger partial charge < -0.3 is 15.3 Å². The van der Waals surface area contributed by atoms with Gasteiger partial charge in [0.15, 0.2) is 11.6 Å². The van der Waals surface area contributed by atoms with Crippen LogP contribution in [0.2, 0.25) is 0 Å². The van der Waals surface area contributed by atoms with Gasteiger partial charge in [0.05, 0.1) is 18.1 Å². The zero-order valence-corrected chi connectivity index (χ0v) is 23.2. The maximum Gasteiger partial charge on any atom is 0.306 e. The van der Waals surface area contributed by atoms with Crippen LogP contribution in [0, 0.1) is 39.4 Å². The van der Waals surface area contributed by atoms with E-state index in [0.717, 1.165) is 5.57 Å². The highest BCUT2D eigenvalue weighted by Crippen LogP contribution is 2.71. The lowest BCUT2D eigenvalue weighted by Gasteiger charge is -2.61. The highest BCUT2D eigenvalue weighted by atomic mass is 16.4. The lowest BCUT2D eigenvalue weighted by Crippen LogP contribution is -2.60. The number of carboxylic acid groups (broad SMARTS) is 1. The number of Topliss-reactive ketones (excluding diaryl/α,β-unsaturated/α-hetero) is 2. The lowest BCUT2D eigenvalue weighted by atomic mass is 9.42. The number of hydrogen-bond donors (Lipinski definition) is 3. The van der Waals surface area contributed by atoms with Crippen LogP contribution in [-0.2, 0) is 19.2 Å². The topological polar surface area (TPSA) is 129 Å². The SMILES string of the molecule is CC(=CC(=O)CC(C)C(=O)O)C1C[C@H](O)C2(C)C3=C(C(=O)CC12C)C1(C)CCC(=O)C(C)(C)C1C[C@@H]3O. The minimum absolute atomic E-state index is 0.0379. The second kappa shape index (κ2) is 8.70. The lowest BCUT2D eigenvalue weighted by molar-refractivity contribution is -0.145. The summed E-state index contributed by atoms with van der Waals surface area (Å²) in [5.41, 5.74) is -0.855. The first-order valence-electron chi connectivity index (χ1n) is 13.5. The Morgan fingerprint density at radius 1 is 1.08 bits per heavy atom. The summed E-state index contributed by atoms with van der Waals surface area (Å²) in [5, 5.41) is 32.4. The molecule has 204 valence electrons. The summed E-state index contributed by atoms with van der Waals surface area (Å²) in [5.74, 6) is -2.44. The summed E-state index contributed by atoms with van der Waals surface area (Å²) in [6.07, 6.45) is 1.42. The molecule has 6 unspecified atom stereocenters. The van der Waals surface area contributed by atoms with E-state index in [4.69, 9.17) is 5.11 Å². The second-order valence-corrected chi connectivity index (χ2v) is 13.5. The predicted octanol–water partition coefficient (Wildman–Crippen LogP) is 4.05. The van der Waals surface area contributed by atoms with E-state index in [9.17, 15) is 29.4 Å². The summed E-state index contributed by atoms with van der Waals surface area (Å²) in [7, 11) is 0. The Labute approximate surface area is 219 Å². The molecule has 3 N–H and O–H groups in total. The van der Waals surface area contributed by atoms with Gasteiger partial charge >= 0.3 is 5.97 Å². The summed E-state index contributed by atoms with van der Waals surface area (Å²) >= 11 is 0. The first-order chi connectivity index (χ1) is 16.9. The molecule has 0 aromatic carbocycles. The molecule has 0 amide bonds. The van der Waals surface area contributed by atoms with E-state index in [1.165, 1.54) is 13.0 Å². The van der Waals surface area contributed by atoms with Crippen LogP contribution in [0.15, 0.2) is 22.8 Å². The van der Waals surface area contributed by atoms with Gasteiger partial charge in [0.2, 0.25) is 0 Å². The zero-order valence-electron chi connectivity index (χ0n) is 23.2. The fourth-order valence-electron chi connectivity index (χ4n) is 8.77. The first-order valence-corrected chi connectivity index (χ1v) is 13.5. The fourth-order valence-corrected chi connectivity index (χ4v) is 8.77. The average molecular weight is 515 g/mol. The number of aliphatic hydroxyl groups is 2. The molecule has 4 rings (SSSR count). The molecule has 0 spiro atoms. The number of rotatable bonds is 5. The first kappa shape index (κ1) is 27.9. The van der Waals surface area contributed by atoms with E-state index in [1.807, 2.05) is 34.6 Å². The van der Waals surface area contributed by atoms with Crippen molar-refractivity contribution in [3.63, 3.8) is 0 Å². The summed E-state index contributed by atoms with van der Waals surface area (Å²) in [6.45, 7) is 13.1. The number of aliphatic carboxylic acids is 1. The Kier molecular flexibility index (Phi) is 6.56. The molecule has 7 nitrogen and oxygen atoms in total. The van der Waals surface area contributed by atoms with Crippen LogP contribution < -0.4 is 0 Å². The summed E-state index contributed by atoms with van der Waals surface area (Å²) in [6, 6.07) is 0. The average Bonchev–Trinajstić information content (AvgIpc) is 2.99. The van der Waals surface area contributed by atoms with Gasteiger partial charge in [-0.05, 0) is 55.1 Å². The third-order valence-electron chi connectivity index (χ3n) is 11.2. The van der Waals surface area contributed by atoms with Gasteiger partial charge in [0.1, 0.15) is 5.78 Å². The number of carbonyl (C=O) groups excluding carboxylic acids is 3. The number of ketones is 3. The van der Waals surface area contributed by atoms with Crippen molar-refractivity contribution in [3.05, 3.63) is 22.8 Å². The number of aliphatic hydroxyl groups excluding tert-OH is 2. The Morgan fingerprint density at radius 3 is 2.30 bits per heavy atom. The highest BCUT2D eigenvalue weighted by Gasteiger charge is 2.69. The summed E-state index contributed by atoms with van der Waals surface area (Å²) < 4.78 is 0. The normalized spacial score (nSPS) is 42.1. The van der Waals surface area contributed by atoms with Crippen molar-refractivity contribution in [2.24, 2.45) is 39.4 Å². The quantitative estimate of drug-likeness (QED) is 0.472. The van der Waals surface area contributed by atoms with Crippen molar-refractivity contribution >= 4 is 23.3 Å². The van der Waals surface area contributed by atoms with Gasteiger partial charge in [-0.2, -0.15) is 0 Å². The number of allylic oxidation sites excluding steroid dienone is 3. The van der Waals surface area contributed by atoms with E-state index in [-0.39, 0.29) is 42.0 Å². The molecule has 0 heterocycles. The van der Waals surface area contributed by atoms with Crippen molar-refractivity contribution in [3.8, 4) is 0 Å². The second-order valence-electron chi connectivity index (χ2n) is 13.5. The third-order valence-corrected chi connectivity index (χ3v) is 11.2. The van der Waals surface area contributed by atoms with E-state index in [2.05, 4.69) is 6.92 Å². The van der Waals surface area contributed by atoms with Gasteiger partial charge in [-0.1, -0.05) is 47.1 Å². The van der Waals surface area contributed by atoms with Crippen molar-refractivity contribution < 1.29 is 34.5 Å². The van der Waals surface area contributed by atoms with Gasteiger partial charge in [0, 0.05) is 41.1 Å². The molecule has 2 saturated carbocycles. The van der Waals surface area contributed by atoms with Crippen molar-refractivity contribution in [1.82, 2.24) is 0 Å². The van der Waals surface area contributed by atoms with Crippen molar-refractivity contribution in [2.75, 3.05) is 0 Å². The van der Waals surface area contributed by atoms with Gasteiger partial charge in [-0.3, -0.25) is 19.2 Å². The van der Waals surface area contributed by atoms with Crippen LogP contribution in [0.4, 0.5) is 0 Å². The molecule has 7 heteroatoms. The molecule has 0 radical (unpaired) electrons. The van der Waals surface area contributed by atoms with Crippen molar-refractivity contribution in [2.45, 2.75) is 99.2 Å².